The summed E-state index contributed by atoms with van der Waals surface area (Å²) in [5.74, 6) is 0. The van der Waals surface area contributed by atoms with Gasteiger partial charge >= 0.3 is 6.18 Å². The number of rotatable bonds is 6. The molecule has 0 aliphatic rings. The van der Waals surface area contributed by atoms with E-state index in [0.29, 0.717) is 5.56 Å². The second-order valence-electron chi connectivity index (χ2n) is 8.87. The molecule has 2 N–H and O–H groups in total. The molecule has 1 nitrogen and oxygen atoms in total. The summed E-state index contributed by atoms with van der Waals surface area (Å²) in [7, 11) is 0. The maximum absolute atomic E-state index is 13.1. The molecule has 0 radical (unpaired) electrons. The van der Waals surface area contributed by atoms with Gasteiger partial charge < -0.3 is 5.73 Å². The summed E-state index contributed by atoms with van der Waals surface area (Å²) in [6.07, 6.45) is -4.36. The second kappa shape index (κ2) is 10.6. The van der Waals surface area contributed by atoms with Crippen molar-refractivity contribution >= 4 is 22.4 Å². The van der Waals surface area contributed by atoms with Gasteiger partial charge in [-0.2, -0.15) is 13.2 Å². The minimum absolute atomic E-state index is 0.540. The summed E-state index contributed by atoms with van der Waals surface area (Å²) >= 11 is 1.56. The van der Waals surface area contributed by atoms with Crippen LogP contribution in [0.4, 0.5) is 18.9 Å². The minimum atomic E-state index is -4.36. The van der Waals surface area contributed by atoms with Gasteiger partial charge in [0.1, 0.15) is 0 Å². The zero-order chi connectivity index (χ0) is 26.7. The summed E-state index contributed by atoms with van der Waals surface area (Å²) in [4.78, 5) is 1.92. The van der Waals surface area contributed by atoms with Crippen LogP contribution in [0.2, 0.25) is 0 Å². The Morgan fingerprint density at radius 1 is 0.579 bits per heavy atom. The molecule has 5 heteroatoms. The predicted molar refractivity (Wildman–Crippen MR) is 153 cm³/mol. The molecule has 188 valence electrons. The van der Waals surface area contributed by atoms with Crippen molar-refractivity contribution in [3.05, 3.63) is 139 Å². The van der Waals surface area contributed by atoms with Crippen LogP contribution in [-0.2, 0) is 6.18 Å². The lowest BCUT2D eigenvalue weighted by molar-refractivity contribution is -0.137. The van der Waals surface area contributed by atoms with Crippen molar-refractivity contribution in [3.8, 4) is 33.4 Å². The molecule has 5 aromatic rings. The molecule has 38 heavy (non-hydrogen) atoms. The Morgan fingerprint density at radius 2 is 1.05 bits per heavy atom. The third-order valence-electron chi connectivity index (χ3n) is 6.32. The van der Waals surface area contributed by atoms with Gasteiger partial charge in [-0.25, -0.2) is 0 Å². The van der Waals surface area contributed by atoms with E-state index in [-0.39, 0.29) is 0 Å². The van der Waals surface area contributed by atoms with Crippen molar-refractivity contribution in [2.75, 3.05) is 5.73 Å². The van der Waals surface area contributed by atoms with Crippen molar-refractivity contribution in [1.82, 2.24) is 0 Å². The maximum atomic E-state index is 13.1. The molecule has 5 aromatic carbocycles. The first kappa shape index (κ1) is 25.4. The number of hydrogen-bond acceptors (Lipinski definition) is 2. The SMILES string of the molecule is C=C(Sc1ccccc1N)c1ccc(-c2ccc(-c3ccc(-c4cccc(C(F)(F)F)c4)cc3)cc2)cc1. The summed E-state index contributed by atoms with van der Waals surface area (Å²) in [5, 5.41) is 0. The van der Waals surface area contributed by atoms with Crippen molar-refractivity contribution in [2.45, 2.75) is 11.1 Å². The summed E-state index contributed by atoms with van der Waals surface area (Å²) in [5.41, 5.74) is 12.7. The Labute approximate surface area is 224 Å². The van der Waals surface area contributed by atoms with E-state index >= 15 is 0 Å². The third-order valence-corrected chi connectivity index (χ3v) is 7.39. The molecule has 5 rings (SSSR count). The van der Waals surface area contributed by atoms with Gasteiger partial charge in [-0.05, 0) is 63.2 Å². The van der Waals surface area contributed by atoms with Crippen LogP contribution in [0.15, 0.2) is 133 Å². The Kier molecular flexibility index (Phi) is 7.12. The van der Waals surface area contributed by atoms with Gasteiger partial charge in [0.25, 0.3) is 0 Å². The van der Waals surface area contributed by atoms with Crippen LogP contribution in [0.3, 0.4) is 0 Å². The fourth-order valence-corrected chi connectivity index (χ4v) is 5.05. The van der Waals surface area contributed by atoms with Crippen molar-refractivity contribution in [3.63, 3.8) is 0 Å². The molecule has 0 heterocycles. The van der Waals surface area contributed by atoms with Crippen molar-refractivity contribution in [2.24, 2.45) is 0 Å². The molecule has 0 bridgehead atoms. The van der Waals surface area contributed by atoms with E-state index < -0.39 is 11.7 Å². The van der Waals surface area contributed by atoms with E-state index in [9.17, 15) is 13.2 Å². The largest absolute Gasteiger partial charge is 0.416 e. The number of nitrogens with two attached hydrogens (primary N) is 1. The van der Waals surface area contributed by atoms with E-state index in [1.54, 1.807) is 17.8 Å². The van der Waals surface area contributed by atoms with Crippen molar-refractivity contribution < 1.29 is 13.2 Å². The first-order chi connectivity index (χ1) is 18.3. The zero-order valence-electron chi connectivity index (χ0n) is 20.4. The first-order valence-corrected chi connectivity index (χ1v) is 12.8. The quantitative estimate of drug-likeness (QED) is 0.177. The Bertz CT molecular complexity index is 1570. The lowest BCUT2D eigenvalue weighted by atomic mass is 9.97. The van der Waals surface area contributed by atoms with E-state index in [4.69, 9.17) is 5.73 Å². The molecule has 0 aliphatic carbocycles. The highest BCUT2D eigenvalue weighted by atomic mass is 32.2. The molecular weight excluding hydrogens is 499 g/mol. The normalized spacial score (nSPS) is 11.3. The van der Waals surface area contributed by atoms with E-state index in [1.807, 2.05) is 48.5 Å². The number of halogens is 3. The highest BCUT2D eigenvalue weighted by Gasteiger charge is 2.30. The monoisotopic (exact) mass is 523 g/mol. The maximum Gasteiger partial charge on any atom is 0.416 e. The number of nitrogen functional groups attached to an aromatic ring is 1. The summed E-state index contributed by atoms with van der Waals surface area (Å²) < 4.78 is 39.2. The molecule has 0 fully saturated rings. The Balaban J connectivity index is 1.28. The third kappa shape index (κ3) is 5.68. The summed E-state index contributed by atoms with van der Waals surface area (Å²) in [6, 6.07) is 37.2. The zero-order valence-corrected chi connectivity index (χ0v) is 21.2. The lowest BCUT2D eigenvalue weighted by Crippen LogP contribution is -2.04. The number of hydrogen-bond donors (Lipinski definition) is 1. The van der Waals surface area contributed by atoms with Crippen LogP contribution < -0.4 is 5.73 Å². The topological polar surface area (TPSA) is 26.0 Å². The number of alkyl halides is 3. The van der Waals surface area contributed by atoms with Gasteiger partial charge in [0, 0.05) is 15.5 Å². The number of benzene rings is 5. The average molecular weight is 524 g/mol. The van der Waals surface area contributed by atoms with Crippen molar-refractivity contribution in [1.29, 1.82) is 0 Å². The highest BCUT2D eigenvalue weighted by Crippen LogP contribution is 2.37. The molecular formula is C33H24F3NS. The standard InChI is InChI=1S/C33H24F3NS/c1-22(38-32-8-3-2-7-31(32)37)23-9-11-24(12-10-23)25-13-15-26(16-14-25)27-17-19-28(20-18-27)29-5-4-6-30(21-29)33(34,35)36/h2-21H,1,37H2. The smallest absolute Gasteiger partial charge is 0.398 e. The highest BCUT2D eigenvalue weighted by molar-refractivity contribution is 8.08. The van der Waals surface area contributed by atoms with E-state index in [2.05, 4.69) is 55.1 Å². The molecule has 0 aromatic heterocycles. The van der Waals surface area contributed by atoms with Crippen LogP contribution in [0.1, 0.15) is 11.1 Å². The molecule has 0 spiro atoms. The lowest BCUT2D eigenvalue weighted by Gasteiger charge is -2.10. The van der Waals surface area contributed by atoms with Crippen LogP contribution in [0, 0.1) is 0 Å². The number of anilines is 1. The fraction of sp³-hybridized carbons (Fsp3) is 0.0303. The fourth-order valence-electron chi connectivity index (χ4n) is 4.20. The van der Waals surface area contributed by atoms with Gasteiger partial charge in [0.05, 0.1) is 5.56 Å². The van der Waals surface area contributed by atoms with E-state index in [1.165, 1.54) is 12.1 Å². The second-order valence-corrected chi connectivity index (χ2v) is 10.0. The molecule has 0 aliphatic heterocycles. The number of thioether (sulfide) groups is 1. The minimum Gasteiger partial charge on any atom is -0.398 e. The van der Waals surface area contributed by atoms with Gasteiger partial charge in [0.2, 0.25) is 0 Å². The Hall–Kier alpha value is -4.22. The molecule has 0 saturated heterocycles. The average Bonchev–Trinajstić information content (AvgIpc) is 2.94. The molecule has 0 unspecified atom stereocenters. The van der Waals surface area contributed by atoms with Crippen LogP contribution in [0.25, 0.3) is 38.3 Å². The summed E-state index contributed by atoms with van der Waals surface area (Å²) in [6.45, 7) is 4.21. The number of para-hydroxylation sites is 1. The van der Waals surface area contributed by atoms with Crippen LogP contribution >= 0.6 is 11.8 Å². The van der Waals surface area contributed by atoms with Crippen LogP contribution in [-0.4, -0.2) is 0 Å². The predicted octanol–water partition coefficient (Wildman–Crippen LogP) is 10.1. The van der Waals surface area contributed by atoms with E-state index in [0.717, 1.165) is 54.9 Å². The first-order valence-electron chi connectivity index (χ1n) is 12.0. The van der Waals surface area contributed by atoms with Crippen LogP contribution in [0.5, 0.6) is 0 Å². The molecule has 0 amide bonds. The Morgan fingerprint density at radius 3 is 1.55 bits per heavy atom. The molecule has 0 saturated carbocycles. The van der Waals surface area contributed by atoms with Gasteiger partial charge in [-0.3, -0.25) is 0 Å². The van der Waals surface area contributed by atoms with Gasteiger partial charge in [-0.15, -0.1) is 0 Å². The molecule has 0 atom stereocenters. The van der Waals surface area contributed by atoms with Gasteiger partial charge in [-0.1, -0.05) is 115 Å². The van der Waals surface area contributed by atoms with Gasteiger partial charge in [0.15, 0.2) is 0 Å².